The van der Waals surface area contributed by atoms with Crippen LogP contribution in [0.1, 0.15) is 15.9 Å². The van der Waals surface area contributed by atoms with Gasteiger partial charge in [-0.3, -0.25) is 4.79 Å². The molecule has 0 saturated carbocycles. The molecular weight excluding hydrogens is 246 g/mol. The molecule has 2 amide bonds. The van der Waals surface area contributed by atoms with Crippen molar-refractivity contribution in [2.75, 3.05) is 26.2 Å². The summed E-state index contributed by atoms with van der Waals surface area (Å²) >= 11 is 0. The van der Waals surface area contributed by atoms with Crippen LogP contribution in [0.25, 0.3) is 0 Å². The van der Waals surface area contributed by atoms with Crippen LogP contribution in [0.2, 0.25) is 0 Å². The number of hydrogen-bond acceptors (Lipinski definition) is 4. The highest BCUT2D eigenvalue weighted by molar-refractivity contribution is 5.94. The molecular formula is C13H13N3O3. The van der Waals surface area contributed by atoms with Crippen LogP contribution in [0.3, 0.4) is 0 Å². The van der Waals surface area contributed by atoms with Crippen LogP contribution in [0.5, 0.6) is 0 Å². The Morgan fingerprint density at radius 1 is 1.53 bits per heavy atom. The average Bonchev–Trinajstić information content (AvgIpc) is 2.84. The first-order chi connectivity index (χ1) is 9.20. The van der Waals surface area contributed by atoms with Gasteiger partial charge < -0.3 is 15.0 Å². The Labute approximate surface area is 110 Å². The van der Waals surface area contributed by atoms with Gasteiger partial charge >= 0.3 is 6.09 Å². The summed E-state index contributed by atoms with van der Waals surface area (Å²) in [5.41, 5.74) is 0.874. The number of benzene rings is 1. The quantitative estimate of drug-likeness (QED) is 0.864. The monoisotopic (exact) mass is 259 g/mol. The fourth-order valence-corrected chi connectivity index (χ4v) is 1.77. The molecule has 98 valence electrons. The zero-order valence-corrected chi connectivity index (χ0v) is 10.3. The number of carbonyl (C=O) groups is 2. The molecule has 1 saturated heterocycles. The molecule has 0 spiro atoms. The van der Waals surface area contributed by atoms with Gasteiger partial charge in [-0.15, -0.1) is 0 Å². The number of amides is 2. The second-order valence-corrected chi connectivity index (χ2v) is 4.05. The Kier molecular flexibility index (Phi) is 3.98. The van der Waals surface area contributed by atoms with Gasteiger partial charge in [0.2, 0.25) is 0 Å². The van der Waals surface area contributed by atoms with E-state index >= 15 is 0 Å². The van der Waals surface area contributed by atoms with Gasteiger partial charge in [0.15, 0.2) is 0 Å². The minimum atomic E-state index is -0.347. The van der Waals surface area contributed by atoms with Crippen molar-refractivity contribution in [2.45, 2.75) is 0 Å². The van der Waals surface area contributed by atoms with Gasteiger partial charge in [-0.05, 0) is 18.2 Å². The van der Waals surface area contributed by atoms with Crippen LogP contribution in [0.4, 0.5) is 4.79 Å². The Morgan fingerprint density at radius 2 is 2.37 bits per heavy atom. The van der Waals surface area contributed by atoms with E-state index in [0.29, 0.717) is 37.4 Å². The van der Waals surface area contributed by atoms with Gasteiger partial charge in [0, 0.05) is 18.7 Å². The van der Waals surface area contributed by atoms with Crippen LogP contribution in [-0.2, 0) is 4.74 Å². The molecule has 2 rings (SSSR count). The Hall–Kier alpha value is -2.55. The molecule has 0 aromatic heterocycles. The maximum absolute atomic E-state index is 11.8. The number of rotatable bonds is 4. The van der Waals surface area contributed by atoms with Gasteiger partial charge in [0.25, 0.3) is 5.91 Å². The number of hydrogen-bond donors (Lipinski definition) is 1. The van der Waals surface area contributed by atoms with Crippen molar-refractivity contribution in [3.05, 3.63) is 35.4 Å². The molecule has 0 radical (unpaired) electrons. The smallest absolute Gasteiger partial charge is 0.409 e. The van der Waals surface area contributed by atoms with Crippen LogP contribution in [-0.4, -0.2) is 43.1 Å². The number of carbonyl (C=O) groups excluding carboxylic acids is 2. The molecule has 1 aromatic carbocycles. The molecule has 6 nitrogen and oxygen atoms in total. The lowest BCUT2D eigenvalue weighted by Crippen LogP contribution is -2.35. The minimum absolute atomic E-state index is 0.260. The predicted octanol–water partition coefficient (Wildman–Crippen LogP) is 0.740. The highest BCUT2D eigenvalue weighted by Gasteiger charge is 2.21. The van der Waals surface area contributed by atoms with E-state index in [1.54, 1.807) is 18.2 Å². The van der Waals surface area contributed by atoms with Gasteiger partial charge in [0.1, 0.15) is 6.61 Å². The summed E-state index contributed by atoms with van der Waals surface area (Å²) in [6.45, 7) is 1.73. The van der Waals surface area contributed by atoms with E-state index in [0.717, 1.165) is 0 Å². The first kappa shape index (κ1) is 12.9. The number of nitrogens with zero attached hydrogens (tertiary/aromatic N) is 2. The van der Waals surface area contributed by atoms with Crippen molar-refractivity contribution >= 4 is 12.0 Å². The van der Waals surface area contributed by atoms with Crippen LogP contribution in [0.15, 0.2) is 24.3 Å². The second-order valence-electron chi connectivity index (χ2n) is 4.05. The third-order valence-electron chi connectivity index (χ3n) is 2.77. The number of ether oxygens (including phenoxy) is 1. The topological polar surface area (TPSA) is 82.4 Å². The standard InChI is InChI=1S/C13H13N3O3/c14-9-10-2-1-3-11(8-10)12(17)15-4-5-16-6-7-19-13(16)18/h1-3,8H,4-7H2,(H,15,17). The van der Waals surface area contributed by atoms with Gasteiger partial charge in [0.05, 0.1) is 18.2 Å². The zero-order valence-electron chi connectivity index (χ0n) is 10.3. The molecule has 1 fully saturated rings. The molecule has 1 N–H and O–H groups in total. The summed E-state index contributed by atoms with van der Waals surface area (Å²) in [6, 6.07) is 8.44. The highest BCUT2D eigenvalue weighted by atomic mass is 16.6. The second kappa shape index (κ2) is 5.87. The number of cyclic esters (lactones) is 1. The van der Waals surface area contributed by atoms with E-state index in [2.05, 4.69) is 5.32 Å². The van der Waals surface area contributed by atoms with Crippen molar-refractivity contribution in [2.24, 2.45) is 0 Å². The van der Waals surface area contributed by atoms with E-state index in [4.69, 9.17) is 10.00 Å². The Bertz CT molecular complexity index is 536. The van der Waals surface area contributed by atoms with Gasteiger partial charge in [-0.25, -0.2) is 4.79 Å². The Morgan fingerprint density at radius 3 is 3.05 bits per heavy atom. The molecule has 19 heavy (non-hydrogen) atoms. The molecule has 1 aromatic rings. The van der Waals surface area contributed by atoms with E-state index in [1.165, 1.54) is 11.0 Å². The first-order valence-electron chi connectivity index (χ1n) is 5.91. The van der Waals surface area contributed by atoms with Gasteiger partial charge in [-0.2, -0.15) is 5.26 Å². The summed E-state index contributed by atoms with van der Waals surface area (Å²) in [5, 5.41) is 11.5. The predicted molar refractivity (Wildman–Crippen MR) is 66.4 cm³/mol. The average molecular weight is 259 g/mol. The van der Waals surface area contributed by atoms with Crippen molar-refractivity contribution in [1.82, 2.24) is 10.2 Å². The third-order valence-corrected chi connectivity index (χ3v) is 2.77. The van der Waals surface area contributed by atoms with Crippen LogP contribution < -0.4 is 5.32 Å². The van der Waals surface area contributed by atoms with Crippen molar-refractivity contribution in [1.29, 1.82) is 5.26 Å². The maximum atomic E-state index is 11.8. The lowest BCUT2D eigenvalue weighted by atomic mass is 10.1. The summed E-state index contributed by atoms with van der Waals surface area (Å²) in [4.78, 5) is 24.5. The lowest BCUT2D eigenvalue weighted by molar-refractivity contribution is 0.0948. The SMILES string of the molecule is N#Cc1cccc(C(=O)NCCN2CCOC2=O)c1. The fraction of sp³-hybridized carbons (Fsp3) is 0.308. The fourth-order valence-electron chi connectivity index (χ4n) is 1.77. The summed E-state index contributed by atoms with van der Waals surface area (Å²) < 4.78 is 4.78. The largest absolute Gasteiger partial charge is 0.448 e. The molecule has 0 aliphatic carbocycles. The molecule has 6 heteroatoms. The molecule has 0 unspecified atom stereocenters. The zero-order chi connectivity index (χ0) is 13.7. The van der Waals surface area contributed by atoms with Crippen LogP contribution in [0, 0.1) is 11.3 Å². The normalized spacial score (nSPS) is 13.8. The molecule has 1 aliphatic rings. The summed E-state index contributed by atoms with van der Waals surface area (Å²) in [7, 11) is 0. The highest BCUT2D eigenvalue weighted by Crippen LogP contribution is 2.04. The molecule has 1 aliphatic heterocycles. The van der Waals surface area contributed by atoms with Crippen molar-refractivity contribution in [3.8, 4) is 6.07 Å². The van der Waals surface area contributed by atoms with Crippen molar-refractivity contribution in [3.63, 3.8) is 0 Å². The third kappa shape index (κ3) is 3.22. The first-order valence-corrected chi connectivity index (χ1v) is 5.91. The maximum Gasteiger partial charge on any atom is 0.409 e. The van der Waals surface area contributed by atoms with E-state index < -0.39 is 0 Å². The summed E-state index contributed by atoms with van der Waals surface area (Å²) in [6.07, 6.45) is -0.347. The van der Waals surface area contributed by atoms with E-state index in [9.17, 15) is 9.59 Å². The van der Waals surface area contributed by atoms with Gasteiger partial charge in [-0.1, -0.05) is 6.07 Å². The van der Waals surface area contributed by atoms with E-state index in [1.807, 2.05) is 6.07 Å². The van der Waals surface area contributed by atoms with E-state index in [-0.39, 0.29) is 12.0 Å². The van der Waals surface area contributed by atoms with Crippen LogP contribution >= 0.6 is 0 Å². The Balaban J connectivity index is 1.84. The number of nitrogens with one attached hydrogen (secondary N) is 1. The lowest BCUT2D eigenvalue weighted by Gasteiger charge is -2.12. The number of nitriles is 1. The van der Waals surface area contributed by atoms with Crippen molar-refractivity contribution < 1.29 is 14.3 Å². The molecule has 0 bridgehead atoms. The molecule has 1 heterocycles. The molecule has 0 atom stereocenters. The minimum Gasteiger partial charge on any atom is -0.448 e. The summed E-state index contributed by atoms with van der Waals surface area (Å²) in [5.74, 6) is -0.260.